The van der Waals surface area contributed by atoms with Gasteiger partial charge in [-0.2, -0.15) is 0 Å². The maximum absolute atomic E-state index is 5.17. The van der Waals surface area contributed by atoms with Gasteiger partial charge in [-0.3, -0.25) is 4.98 Å². The molecule has 2 aliphatic rings. The molecule has 0 aliphatic heterocycles. The third-order valence-electron chi connectivity index (χ3n) is 11.4. The molecule has 9 aromatic rings. The molecule has 0 bridgehead atoms. The van der Waals surface area contributed by atoms with Crippen molar-refractivity contribution in [1.29, 1.82) is 0 Å². The lowest BCUT2D eigenvalue weighted by Crippen LogP contribution is -2.25. The van der Waals surface area contributed by atoms with E-state index in [4.69, 9.17) is 9.97 Å². The second kappa shape index (κ2) is 12.4. The lowest BCUT2D eigenvalue weighted by atomic mass is 9.70. The van der Waals surface area contributed by atoms with Crippen molar-refractivity contribution in [2.45, 2.75) is 5.41 Å². The van der Waals surface area contributed by atoms with Crippen LogP contribution in [0.3, 0.4) is 0 Å². The normalized spacial score (nSPS) is 12.9. The van der Waals surface area contributed by atoms with Crippen molar-refractivity contribution >= 4 is 0 Å². The Morgan fingerprint density at radius 1 is 0.291 bits per heavy atom. The molecule has 7 aromatic carbocycles. The fourth-order valence-electron chi connectivity index (χ4n) is 8.97. The van der Waals surface area contributed by atoms with Crippen LogP contribution in [-0.4, -0.2) is 15.0 Å². The van der Waals surface area contributed by atoms with Crippen LogP contribution >= 0.6 is 0 Å². The van der Waals surface area contributed by atoms with Gasteiger partial charge in [0.05, 0.1) is 16.8 Å². The molecule has 0 N–H and O–H groups in total. The Labute approximate surface area is 320 Å². The summed E-state index contributed by atoms with van der Waals surface area (Å²) in [7, 11) is 0. The van der Waals surface area contributed by atoms with E-state index in [-0.39, 0.29) is 5.41 Å². The molecule has 256 valence electrons. The zero-order valence-electron chi connectivity index (χ0n) is 29.9. The van der Waals surface area contributed by atoms with Gasteiger partial charge >= 0.3 is 0 Å². The Morgan fingerprint density at radius 3 is 1.38 bits per heavy atom. The average Bonchev–Trinajstić information content (AvgIpc) is 3.74. The fraction of sp³-hybridized carbons (Fsp3) is 0.0192. The van der Waals surface area contributed by atoms with Crippen LogP contribution in [-0.2, 0) is 5.41 Å². The standard InChI is InChI=1S/C52H33N3/c1-2-11-34(12-3-1)38-13-10-14-40(31-38)51-54-49(33-50(55-51)37-27-29-53-30-28-37)36-23-21-35(22-24-36)39-25-26-44-43-17-6-9-20-47(43)52(48(44)32-39)45-18-7-4-15-41(45)42-16-5-8-19-46(42)52/h1-33H. The number of fused-ring (bicyclic) bond motifs is 10. The highest BCUT2D eigenvalue weighted by Crippen LogP contribution is 2.63. The van der Waals surface area contributed by atoms with E-state index in [1.165, 1.54) is 50.1 Å². The summed E-state index contributed by atoms with van der Waals surface area (Å²) in [5, 5.41) is 0. The molecule has 2 aliphatic carbocycles. The van der Waals surface area contributed by atoms with Crippen molar-refractivity contribution in [2.24, 2.45) is 0 Å². The molecule has 0 fully saturated rings. The molecule has 0 saturated heterocycles. The molecule has 55 heavy (non-hydrogen) atoms. The summed E-state index contributed by atoms with van der Waals surface area (Å²) >= 11 is 0. The van der Waals surface area contributed by atoms with Crippen LogP contribution in [0.5, 0.6) is 0 Å². The van der Waals surface area contributed by atoms with Crippen molar-refractivity contribution < 1.29 is 0 Å². The number of aromatic nitrogens is 3. The van der Waals surface area contributed by atoms with Crippen molar-refractivity contribution in [3.8, 4) is 78.4 Å². The number of benzene rings is 7. The third kappa shape index (κ3) is 4.87. The van der Waals surface area contributed by atoms with Crippen molar-refractivity contribution in [2.75, 3.05) is 0 Å². The third-order valence-corrected chi connectivity index (χ3v) is 11.4. The van der Waals surface area contributed by atoms with E-state index in [2.05, 4.69) is 175 Å². The highest BCUT2D eigenvalue weighted by atomic mass is 14.9. The van der Waals surface area contributed by atoms with Crippen molar-refractivity contribution in [3.63, 3.8) is 0 Å². The molecule has 0 unspecified atom stereocenters. The molecule has 0 amide bonds. The minimum Gasteiger partial charge on any atom is -0.265 e. The minimum atomic E-state index is -0.367. The van der Waals surface area contributed by atoms with Crippen LogP contribution in [0.1, 0.15) is 22.3 Å². The van der Waals surface area contributed by atoms with Crippen LogP contribution < -0.4 is 0 Å². The molecule has 2 aromatic heterocycles. The van der Waals surface area contributed by atoms with Gasteiger partial charge in [-0.25, -0.2) is 9.97 Å². The number of rotatable bonds is 5. The van der Waals surface area contributed by atoms with Crippen LogP contribution in [0, 0.1) is 0 Å². The highest BCUT2D eigenvalue weighted by molar-refractivity contribution is 5.96. The summed E-state index contributed by atoms with van der Waals surface area (Å²) in [5.41, 5.74) is 19.7. The summed E-state index contributed by atoms with van der Waals surface area (Å²) in [4.78, 5) is 14.5. The first-order valence-electron chi connectivity index (χ1n) is 18.8. The van der Waals surface area contributed by atoms with E-state index < -0.39 is 0 Å². The van der Waals surface area contributed by atoms with Gasteiger partial charge < -0.3 is 0 Å². The number of hydrogen-bond acceptors (Lipinski definition) is 3. The van der Waals surface area contributed by atoms with Crippen molar-refractivity contribution in [3.05, 3.63) is 223 Å². The Balaban J connectivity index is 1.02. The van der Waals surface area contributed by atoms with Gasteiger partial charge in [-0.15, -0.1) is 0 Å². The second-order valence-electron chi connectivity index (χ2n) is 14.4. The Hall–Kier alpha value is -7.23. The van der Waals surface area contributed by atoms with Crippen LogP contribution in [0.25, 0.3) is 78.4 Å². The lowest BCUT2D eigenvalue weighted by molar-refractivity contribution is 0.794. The molecule has 0 atom stereocenters. The van der Waals surface area contributed by atoms with Gasteiger partial charge in [0, 0.05) is 29.1 Å². The summed E-state index contributed by atoms with van der Waals surface area (Å²) in [6, 6.07) is 67.8. The summed E-state index contributed by atoms with van der Waals surface area (Å²) in [6.45, 7) is 0. The van der Waals surface area contributed by atoms with Gasteiger partial charge in [0.2, 0.25) is 0 Å². The van der Waals surface area contributed by atoms with Gasteiger partial charge in [-0.05, 0) is 97.1 Å². The summed E-state index contributed by atoms with van der Waals surface area (Å²) in [5.74, 6) is 0.687. The van der Waals surface area contributed by atoms with E-state index in [0.717, 1.165) is 44.8 Å². The fourth-order valence-corrected chi connectivity index (χ4v) is 8.97. The van der Waals surface area contributed by atoms with E-state index in [1.807, 2.05) is 30.6 Å². The Morgan fingerprint density at radius 2 is 0.745 bits per heavy atom. The van der Waals surface area contributed by atoms with Gasteiger partial charge in [0.1, 0.15) is 0 Å². The maximum Gasteiger partial charge on any atom is 0.160 e. The van der Waals surface area contributed by atoms with Crippen molar-refractivity contribution in [1.82, 2.24) is 15.0 Å². The van der Waals surface area contributed by atoms with E-state index in [1.54, 1.807) is 0 Å². The zero-order valence-corrected chi connectivity index (χ0v) is 29.9. The first kappa shape index (κ1) is 31.3. The first-order valence-corrected chi connectivity index (χ1v) is 18.8. The van der Waals surface area contributed by atoms with Crippen LogP contribution in [0.4, 0.5) is 0 Å². The largest absolute Gasteiger partial charge is 0.265 e. The Kier molecular flexibility index (Phi) is 7.08. The predicted molar refractivity (Wildman–Crippen MR) is 223 cm³/mol. The second-order valence-corrected chi connectivity index (χ2v) is 14.4. The molecular weight excluding hydrogens is 667 g/mol. The van der Waals surface area contributed by atoms with Crippen LogP contribution in [0.2, 0.25) is 0 Å². The van der Waals surface area contributed by atoms with E-state index in [9.17, 15) is 0 Å². The first-order chi connectivity index (χ1) is 27.3. The smallest absolute Gasteiger partial charge is 0.160 e. The zero-order chi connectivity index (χ0) is 36.3. The number of hydrogen-bond donors (Lipinski definition) is 0. The molecule has 0 radical (unpaired) electrons. The monoisotopic (exact) mass is 699 g/mol. The van der Waals surface area contributed by atoms with Gasteiger partial charge in [0.15, 0.2) is 5.82 Å². The highest BCUT2D eigenvalue weighted by Gasteiger charge is 2.51. The molecule has 3 nitrogen and oxygen atoms in total. The summed E-state index contributed by atoms with van der Waals surface area (Å²) in [6.07, 6.45) is 3.62. The quantitative estimate of drug-likeness (QED) is 0.179. The molecule has 3 heteroatoms. The Bertz CT molecular complexity index is 2850. The molecular formula is C52H33N3. The van der Waals surface area contributed by atoms with E-state index in [0.29, 0.717) is 5.82 Å². The molecule has 0 saturated carbocycles. The summed E-state index contributed by atoms with van der Waals surface area (Å²) < 4.78 is 0. The van der Waals surface area contributed by atoms with E-state index >= 15 is 0 Å². The topological polar surface area (TPSA) is 38.7 Å². The minimum absolute atomic E-state index is 0.367. The molecule has 2 heterocycles. The van der Waals surface area contributed by atoms with Gasteiger partial charge in [0.25, 0.3) is 0 Å². The maximum atomic E-state index is 5.17. The van der Waals surface area contributed by atoms with Crippen LogP contribution in [0.15, 0.2) is 200 Å². The molecule has 11 rings (SSSR count). The lowest BCUT2D eigenvalue weighted by Gasteiger charge is -2.30. The SMILES string of the molecule is c1ccc(-c2cccc(-c3nc(-c4ccncc4)cc(-c4ccc(-c5ccc6c(c5)C5(c7ccccc7-c7ccccc75)c5ccccc5-6)cc4)n3)c2)cc1. The van der Waals surface area contributed by atoms with Gasteiger partial charge in [-0.1, -0.05) is 158 Å². The number of nitrogens with zero attached hydrogens (tertiary/aromatic N) is 3. The predicted octanol–water partition coefficient (Wildman–Crippen LogP) is 12.6. The molecule has 1 spiro atoms. The average molecular weight is 700 g/mol. The number of pyridine rings is 1.